The number of benzene rings is 2. The highest BCUT2D eigenvalue weighted by atomic mass is 19.1. The summed E-state index contributed by atoms with van der Waals surface area (Å²) in [7, 11) is 0. The van der Waals surface area contributed by atoms with E-state index in [-0.39, 0.29) is 53.4 Å². The number of nitrogens with one attached hydrogen (secondary N) is 1. The Hall–Kier alpha value is -3.86. The Morgan fingerprint density at radius 2 is 1.69 bits per heavy atom. The summed E-state index contributed by atoms with van der Waals surface area (Å²) in [4.78, 5) is 15.9. The molecule has 1 N–H and O–H groups in total. The van der Waals surface area contributed by atoms with Gasteiger partial charge in [-0.05, 0) is 68.9 Å². The normalized spacial score (nSPS) is 22.5. The van der Waals surface area contributed by atoms with Gasteiger partial charge in [-0.2, -0.15) is 0 Å². The Kier molecular flexibility index (Phi) is 5.84. The number of aromatic nitrogens is 3. The van der Waals surface area contributed by atoms with Crippen molar-refractivity contribution in [3.8, 4) is 22.6 Å². The van der Waals surface area contributed by atoms with Gasteiger partial charge in [-0.25, -0.2) is 18.0 Å². The van der Waals surface area contributed by atoms with Gasteiger partial charge in [-0.3, -0.25) is 9.51 Å². The average Bonchev–Trinajstić information content (AvgIpc) is 3.44. The molecule has 7 rings (SSSR count). The van der Waals surface area contributed by atoms with E-state index in [1.807, 2.05) is 6.07 Å². The lowest BCUT2D eigenvalue weighted by atomic mass is 9.98. The van der Waals surface area contributed by atoms with Crippen LogP contribution < -0.4 is 10.7 Å². The van der Waals surface area contributed by atoms with Crippen molar-refractivity contribution in [3.63, 3.8) is 0 Å². The van der Waals surface area contributed by atoms with Crippen molar-refractivity contribution in [2.24, 2.45) is 0 Å². The van der Waals surface area contributed by atoms with Crippen molar-refractivity contribution in [3.05, 3.63) is 75.7 Å². The third-order valence-corrected chi connectivity index (χ3v) is 8.07. The van der Waals surface area contributed by atoms with E-state index in [1.165, 1.54) is 24.3 Å². The summed E-state index contributed by atoms with van der Waals surface area (Å²) in [6.45, 7) is 0.155. The van der Waals surface area contributed by atoms with Gasteiger partial charge < -0.3 is 14.2 Å². The van der Waals surface area contributed by atoms with Crippen LogP contribution in [-0.2, 0) is 11.3 Å². The average molecular weight is 539 g/mol. The second-order valence-corrected chi connectivity index (χ2v) is 10.5. The van der Waals surface area contributed by atoms with Crippen molar-refractivity contribution >= 4 is 5.69 Å². The molecule has 1 aliphatic carbocycles. The van der Waals surface area contributed by atoms with E-state index in [9.17, 15) is 18.0 Å². The van der Waals surface area contributed by atoms with Gasteiger partial charge in [0, 0.05) is 29.3 Å². The van der Waals surface area contributed by atoms with Crippen molar-refractivity contribution in [2.75, 3.05) is 4.90 Å². The molecular formula is C28H25F3N4O4. The van der Waals surface area contributed by atoms with Gasteiger partial charge in [0.05, 0.1) is 23.8 Å². The quantitative estimate of drug-likeness (QED) is 0.323. The van der Waals surface area contributed by atoms with Crippen molar-refractivity contribution in [1.82, 2.24) is 15.3 Å². The molecule has 2 saturated heterocycles. The summed E-state index contributed by atoms with van der Waals surface area (Å²) >= 11 is 0. The van der Waals surface area contributed by atoms with Gasteiger partial charge in [-0.1, -0.05) is 16.4 Å². The molecule has 3 fully saturated rings. The number of ether oxygens (including phenoxy) is 1. The van der Waals surface area contributed by atoms with Crippen LogP contribution in [-0.4, -0.2) is 33.5 Å². The van der Waals surface area contributed by atoms with Crippen LogP contribution in [0.1, 0.15) is 55.8 Å². The minimum Gasteiger partial charge on any atom is -0.373 e. The lowest BCUT2D eigenvalue weighted by Gasteiger charge is -2.40. The van der Waals surface area contributed by atoms with Crippen molar-refractivity contribution in [1.29, 1.82) is 0 Å². The molecule has 39 heavy (non-hydrogen) atoms. The first-order valence-corrected chi connectivity index (χ1v) is 13.1. The maximum Gasteiger partial charge on any atom is 0.439 e. The summed E-state index contributed by atoms with van der Waals surface area (Å²) in [5, 5.41) is 7.63. The minimum absolute atomic E-state index is 0.0491. The fraction of sp³-hybridized carbons (Fsp3) is 0.393. The number of piperidine rings is 1. The van der Waals surface area contributed by atoms with E-state index in [0.29, 0.717) is 11.3 Å². The highest BCUT2D eigenvalue weighted by Gasteiger charge is 2.42. The number of halogens is 3. The zero-order valence-corrected chi connectivity index (χ0v) is 20.8. The molecule has 202 valence electrons. The molecule has 0 radical (unpaired) electrons. The maximum atomic E-state index is 14.9. The SMILES string of the molecule is O=c1[nH]c(-c2ccc(N3[C@@H]4CC[C@H]3CC(OCc3c(-c5c(F)cccc5F)noc3C3CC3)C4)cc2F)no1. The third-order valence-electron chi connectivity index (χ3n) is 8.07. The van der Waals surface area contributed by atoms with E-state index in [4.69, 9.17) is 9.26 Å². The third kappa shape index (κ3) is 4.34. The Bertz CT molecular complexity index is 1560. The van der Waals surface area contributed by atoms with Gasteiger partial charge in [0.1, 0.15) is 28.9 Å². The number of H-pyrrole nitrogens is 1. The van der Waals surface area contributed by atoms with Crippen LogP contribution in [0, 0.1) is 17.5 Å². The second-order valence-electron chi connectivity index (χ2n) is 10.5. The number of anilines is 1. The number of rotatable bonds is 7. The summed E-state index contributed by atoms with van der Waals surface area (Å²) < 4.78 is 60.5. The Morgan fingerprint density at radius 3 is 2.33 bits per heavy atom. The lowest BCUT2D eigenvalue weighted by molar-refractivity contribution is 0.0147. The molecule has 2 bridgehead atoms. The van der Waals surface area contributed by atoms with E-state index in [2.05, 4.69) is 24.7 Å². The number of hydrogen-bond donors (Lipinski definition) is 1. The zero-order chi connectivity index (χ0) is 26.7. The van der Waals surface area contributed by atoms with Crippen LogP contribution in [0.25, 0.3) is 22.6 Å². The lowest BCUT2D eigenvalue weighted by Crippen LogP contribution is -2.45. The highest BCUT2D eigenvalue weighted by Crippen LogP contribution is 2.46. The number of aromatic amines is 1. The molecular weight excluding hydrogens is 513 g/mol. The van der Waals surface area contributed by atoms with E-state index < -0.39 is 23.2 Å². The first-order valence-electron chi connectivity index (χ1n) is 13.1. The van der Waals surface area contributed by atoms with E-state index >= 15 is 0 Å². The predicted octanol–water partition coefficient (Wildman–Crippen LogP) is 5.70. The molecule has 4 heterocycles. The smallest absolute Gasteiger partial charge is 0.373 e. The van der Waals surface area contributed by atoms with Crippen LogP contribution in [0.5, 0.6) is 0 Å². The maximum absolute atomic E-state index is 14.9. The molecule has 0 spiro atoms. The second kappa shape index (κ2) is 9.41. The van der Waals surface area contributed by atoms with Crippen molar-refractivity contribution in [2.45, 2.75) is 69.2 Å². The molecule has 2 aromatic carbocycles. The van der Waals surface area contributed by atoms with Crippen LogP contribution in [0.4, 0.5) is 18.9 Å². The molecule has 3 aliphatic rings. The standard InChI is InChI=1S/C28H25F3N4O4/c29-21-2-1-3-22(30)24(21)25-20(26(38-33-25)14-4-5-14)13-37-18-10-15-6-7-16(11-18)35(15)17-8-9-19(23(31)12-17)27-32-28(36)39-34-27/h1-3,8-9,12,14-16,18H,4-7,10-11,13H2,(H,32,34,36)/t15-,16+,18?. The summed E-state index contributed by atoms with van der Waals surface area (Å²) in [5.41, 5.74) is 1.51. The van der Waals surface area contributed by atoms with Crippen LogP contribution in [0.15, 0.2) is 50.2 Å². The van der Waals surface area contributed by atoms with Crippen molar-refractivity contribution < 1.29 is 27.0 Å². The van der Waals surface area contributed by atoms with Crippen LogP contribution in [0.2, 0.25) is 0 Å². The zero-order valence-electron chi connectivity index (χ0n) is 20.8. The van der Waals surface area contributed by atoms with Crippen LogP contribution >= 0.6 is 0 Å². The molecule has 0 amide bonds. The summed E-state index contributed by atoms with van der Waals surface area (Å²) in [6.07, 6.45) is 5.22. The first-order chi connectivity index (χ1) is 19.0. The Morgan fingerprint density at radius 1 is 0.949 bits per heavy atom. The Labute approximate surface area is 220 Å². The monoisotopic (exact) mass is 538 g/mol. The molecule has 1 saturated carbocycles. The van der Waals surface area contributed by atoms with Gasteiger partial charge in [-0.15, -0.1) is 0 Å². The molecule has 2 aromatic heterocycles. The molecule has 2 aliphatic heterocycles. The fourth-order valence-electron chi connectivity index (χ4n) is 6.14. The topological polar surface area (TPSA) is 97.4 Å². The molecule has 8 nitrogen and oxygen atoms in total. The van der Waals surface area contributed by atoms with Gasteiger partial charge in [0.2, 0.25) is 0 Å². The van der Waals surface area contributed by atoms with E-state index in [0.717, 1.165) is 44.2 Å². The summed E-state index contributed by atoms with van der Waals surface area (Å²) in [6, 6.07) is 8.96. The molecule has 1 unspecified atom stereocenters. The van der Waals surface area contributed by atoms with Gasteiger partial charge >= 0.3 is 5.76 Å². The van der Waals surface area contributed by atoms with Gasteiger partial charge in [0.15, 0.2) is 5.82 Å². The van der Waals surface area contributed by atoms with E-state index in [1.54, 1.807) is 6.07 Å². The predicted molar refractivity (Wildman–Crippen MR) is 133 cm³/mol. The minimum atomic E-state index is -0.741. The first kappa shape index (κ1) is 24.2. The molecule has 11 heteroatoms. The van der Waals surface area contributed by atoms with Gasteiger partial charge in [0.25, 0.3) is 0 Å². The fourth-order valence-corrected chi connectivity index (χ4v) is 6.14. The molecule has 4 aromatic rings. The highest BCUT2D eigenvalue weighted by molar-refractivity contribution is 5.65. The summed E-state index contributed by atoms with van der Waals surface area (Å²) in [5.74, 6) is -1.72. The number of fused-ring (bicyclic) bond motifs is 2. The Balaban J connectivity index is 1.08. The largest absolute Gasteiger partial charge is 0.439 e. The number of hydrogen-bond acceptors (Lipinski definition) is 7. The van der Waals surface area contributed by atoms with Crippen LogP contribution in [0.3, 0.4) is 0 Å². The number of nitrogens with zero attached hydrogens (tertiary/aromatic N) is 3. The molecule has 3 atom stereocenters.